The highest BCUT2D eigenvalue weighted by Gasteiger charge is 2.38. The first-order valence-electron chi connectivity index (χ1n) is 10.5. The molecule has 1 heterocycles. The van der Waals surface area contributed by atoms with Gasteiger partial charge in [-0.25, -0.2) is 9.18 Å². The molecule has 1 aromatic rings. The third-order valence-electron chi connectivity index (χ3n) is 5.98. The molecule has 0 spiro atoms. The average Bonchev–Trinajstić information content (AvgIpc) is 2.71. The van der Waals surface area contributed by atoms with Gasteiger partial charge in [-0.1, -0.05) is 20.3 Å². The summed E-state index contributed by atoms with van der Waals surface area (Å²) in [6, 6.07) is 4.25. The second-order valence-corrected chi connectivity index (χ2v) is 8.12. The van der Waals surface area contributed by atoms with Crippen molar-refractivity contribution < 1.29 is 23.4 Å². The summed E-state index contributed by atoms with van der Waals surface area (Å²) in [6.07, 6.45) is 5.19. The number of esters is 1. The van der Waals surface area contributed by atoms with Crippen LogP contribution in [0.2, 0.25) is 0 Å². The predicted molar refractivity (Wildman–Crippen MR) is 105 cm³/mol. The Morgan fingerprint density at radius 2 is 1.93 bits per heavy atom. The maximum absolute atomic E-state index is 14.4. The number of ether oxygens (including phenoxy) is 3. The normalized spacial score (nSPS) is 20.1. The molecule has 1 aliphatic carbocycles. The topological polar surface area (TPSA) is 48.0 Å². The van der Waals surface area contributed by atoms with Crippen LogP contribution in [0.3, 0.4) is 0 Å². The zero-order valence-electron chi connectivity index (χ0n) is 17.0. The molecule has 0 radical (unpaired) electrons. The molecule has 3 rings (SSSR count). The maximum atomic E-state index is 14.4. The highest BCUT2D eigenvalue weighted by atomic mass is 19.1. The van der Waals surface area contributed by atoms with Gasteiger partial charge in [-0.05, 0) is 49.8 Å². The number of benzene rings is 1. The summed E-state index contributed by atoms with van der Waals surface area (Å²) in [5.41, 5.74) is -0.0362. The molecule has 156 valence electrons. The van der Waals surface area contributed by atoms with Gasteiger partial charge in [-0.2, -0.15) is 0 Å². The third kappa shape index (κ3) is 5.23. The zero-order chi connectivity index (χ0) is 20.0. The van der Waals surface area contributed by atoms with Crippen LogP contribution in [0, 0.1) is 11.7 Å². The second kappa shape index (κ2) is 9.70. The van der Waals surface area contributed by atoms with Gasteiger partial charge >= 0.3 is 5.97 Å². The fourth-order valence-electron chi connectivity index (χ4n) is 4.05. The standard InChI is InChI=1S/C22H32FNO4/c1-17(2)22(8-4-3-5-9-22)28-20-16-18(6-7-19(20)23)21(25)27-15-12-24-10-13-26-14-11-24/h6-7,16-17H,3-5,8-15H2,1-2H3. The van der Waals surface area contributed by atoms with E-state index in [2.05, 4.69) is 18.7 Å². The molecule has 0 aromatic heterocycles. The smallest absolute Gasteiger partial charge is 0.338 e. The zero-order valence-corrected chi connectivity index (χ0v) is 17.0. The van der Waals surface area contributed by atoms with Crippen molar-refractivity contribution in [2.45, 2.75) is 51.6 Å². The number of morpholine rings is 1. The van der Waals surface area contributed by atoms with E-state index in [1.165, 1.54) is 24.6 Å². The highest BCUT2D eigenvalue weighted by Crippen LogP contribution is 2.39. The largest absolute Gasteiger partial charge is 0.484 e. The van der Waals surface area contributed by atoms with E-state index in [4.69, 9.17) is 14.2 Å². The highest BCUT2D eigenvalue weighted by molar-refractivity contribution is 5.89. The van der Waals surface area contributed by atoms with Gasteiger partial charge in [-0.15, -0.1) is 0 Å². The lowest BCUT2D eigenvalue weighted by Crippen LogP contribution is -2.43. The van der Waals surface area contributed by atoms with Crippen molar-refractivity contribution in [3.05, 3.63) is 29.6 Å². The van der Waals surface area contributed by atoms with Crippen molar-refractivity contribution in [2.24, 2.45) is 5.92 Å². The lowest BCUT2D eigenvalue weighted by Gasteiger charge is -2.41. The number of nitrogens with zero attached hydrogens (tertiary/aromatic N) is 1. The molecule has 0 atom stereocenters. The molecule has 5 nitrogen and oxygen atoms in total. The average molecular weight is 393 g/mol. The molecule has 2 fully saturated rings. The minimum atomic E-state index is -0.444. The van der Waals surface area contributed by atoms with Gasteiger partial charge in [0.2, 0.25) is 0 Å². The van der Waals surface area contributed by atoms with Crippen LogP contribution in [-0.2, 0) is 9.47 Å². The van der Waals surface area contributed by atoms with E-state index in [-0.39, 0.29) is 17.3 Å². The Labute approximate surface area is 167 Å². The monoisotopic (exact) mass is 393 g/mol. The van der Waals surface area contributed by atoms with E-state index in [0.717, 1.165) is 38.8 Å². The van der Waals surface area contributed by atoms with E-state index in [1.54, 1.807) is 0 Å². The molecule has 2 aliphatic rings. The molecule has 1 aromatic carbocycles. The molecule has 0 amide bonds. The Morgan fingerprint density at radius 3 is 2.61 bits per heavy atom. The molecular weight excluding hydrogens is 361 g/mol. The van der Waals surface area contributed by atoms with Gasteiger partial charge in [0.1, 0.15) is 12.2 Å². The summed E-state index contributed by atoms with van der Waals surface area (Å²) in [5, 5.41) is 0. The van der Waals surface area contributed by atoms with Crippen molar-refractivity contribution in [1.29, 1.82) is 0 Å². The summed E-state index contributed by atoms with van der Waals surface area (Å²) in [7, 11) is 0. The van der Waals surface area contributed by atoms with Crippen LogP contribution in [-0.4, -0.2) is 55.9 Å². The van der Waals surface area contributed by atoms with Crippen LogP contribution in [0.4, 0.5) is 4.39 Å². The minimum absolute atomic E-state index is 0.151. The fourth-order valence-corrected chi connectivity index (χ4v) is 4.05. The Balaban J connectivity index is 1.62. The Morgan fingerprint density at radius 1 is 1.21 bits per heavy atom. The lowest BCUT2D eigenvalue weighted by atomic mass is 9.77. The number of carbonyl (C=O) groups excluding carboxylic acids is 1. The van der Waals surface area contributed by atoms with Crippen molar-refractivity contribution in [2.75, 3.05) is 39.5 Å². The second-order valence-electron chi connectivity index (χ2n) is 8.12. The molecular formula is C22H32FNO4. The molecule has 28 heavy (non-hydrogen) atoms. The molecule has 0 bridgehead atoms. The minimum Gasteiger partial charge on any atom is -0.484 e. The Bertz CT molecular complexity index is 652. The van der Waals surface area contributed by atoms with E-state index < -0.39 is 11.8 Å². The predicted octanol–water partition coefficient (Wildman–Crippen LogP) is 4.05. The molecule has 0 N–H and O–H groups in total. The van der Waals surface area contributed by atoms with Crippen molar-refractivity contribution in [3.63, 3.8) is 0 Å². The number of rotatable bonds is 7. The van der Waals surface area contributed by atoms with Crippen molar-refractivity contribution in [1.82, 2.24) is 4.90 Å². The fraction of sp³-hybridized carbons (Fsp3) is 0.682. The first kappa shape index (κ1) is 21.1. The van der Waals surface area contributed by atoms with Crippen LogP contribution in [0.1, 0.15) is 56.3 Å². The SMILES string of the molecule is CC(C)C1(Oc2cc(C(=O)OCCN3CCOCC3)ccc2F)CCCCC1. The summed E-state index contributed by atoms with van der Waals surface area (Å²) >= 11 is 0. The van der Waals surface area contributed by atoms with E-state index in [0.29, 0.717) is 31.9 Å². The first-order chi connectivity index (χ1) is 13.5. The molecule has 0 unspecified atom stereocenters. The molecule has 1 saturated carbocycles. The van der Waals surface area contributed by atoms with Gasteiger partial charge in [0.15, 0.2) is 11.6 Å². The van der Waals surface area contributed by atoms with E-state index in [1.807, 2.05) is 0 Å². The maximum Gasteiger partial charge on any atom is 0.338 e. The number of hydrogen-bond acceptors (Lipinski definition) is 5. The van der Waals surface area contributed by atoms with E-state index in [9.17, 15) is 9.18 Å². The molecule has 6 heteroatoms. The number of hydrogen-bond donors (Lipinski definition) is 0. The summed E-state index contributed by atoms with van der Waals surface area (Å²) in [6.45, 7) is 8.35. The summed E-state index contributed by atoms with van der Waals surface area (Å²) in [4.78, 5) is 14.6. The van der Waals surface area contributed by atoms with Crippen LogP contribution >= 0.6 is 0 Å². The molecule has 1 aliphatic heterocycles. The van der Waals surface area contributed by atoms with Gasteiger partial charge in [0, 0.05) is 19.6 Å². The summed E-state index contributed by atoms with van der Waals surface area (Å²) in [5.74, 6) is -0.453. The van der Waals surface area contributed by atoms with Crippen molar-refractivity contribution >= 4 is 5.97 Å². The van der Waals surface area contributed by atoms with Gasteiger partial charge in [-0.3, -0.25) is 4.90 Å². The van der Waals surface area contributed by atoms with Gasteiger partial charge < -0.3 is 14.2 Å². The number of carbonyl (C=O) groups is 1. The van der Waals surface area contributed by atoms with E-state index >= 15 is 0 Å². The Kier molecular flexibility index (Phi) is 7.30. The van der Waals surface area contributed by atoms with Crippen LogP contribution in [0.15, 0.2) is 18.2 Å². The summed E-state index contributed by atoms with van der Waals surface area (Å²) < 4.78 is 31.3. The van der Waals surface area contributed by atoms with Gasteiger partial charge in [0.25, 0.3) is 0 Å². The lowest BCUT2D eigenvalue weighted by molar-refractivity contribution is -0.0150. The third-order valence-corrected chi connectivity index (χ3v) is 5.98. The van der Waals surface area contributed by atoms with Crippen molar-refractivity contribution in [3.8, 4) is 5.75 Å². The van der Waals surface area contributed by atoms with Gasteiger partial charge in [0.05, 0.1) is 18.8 Å². The quantitative estimate of drug-likeness (QED) is 0.654. The first-order valence-corrected chi connectivity index (χ1v) is 10.5. The van der Waals surface area contributed by atoms with Crippen LogP contribution in [0.5, 0.6) is 5.75 Å². The van der Waals surface area contributed by atoms with Crippen LogP contribution < -0.4 is 4.74 Å². The number of halogens is 1. The van der Waals surface area contributed by atoms with Crippen LogP contribution in [0.25, 0.3) is 0 Å². The molecule has 1 saturated heterocycles. The Hall–Kier alpha value is -1.66.